The topological polar surface area (TPSA) is 74.8 Å². The molecule has 6 nitrogen and oxygen atoms in total. The van der Waals surface area contributed by atoms with Crippen LogP contribution in [0.2, 0.25) is 0 Å². The van der Waals surface area contributed by atoms with E-state index in [2.05, 4.69) is 20.9 Å². The van der Waals surface area contributed by atoms with Gasteiger partial charge in [-0.15, -0.1) is 24.0 Å². The molecule has 0 fully saturated rings. The van der Waals surface area contributed by atoms with E-state index in [1.54, 1.807) is 19.2 Å². The van der Waals surface area contributed by atoms with Crippen molar-refractivity contribution in [3.8, 4) is 5.75 Å². The molecule has 2 aromatic carbocycles. The van der Waals surface area contributed by atoms with Crippen LogP contribution in [0, 0.1) is 5.82 Å². The van der Waals surface area contributed by atoms with E-state index in [4.69, 9.17) is 4.74 Å². The molecule has 2 aromatic rings. The van der Waals surface area contributed by atoms with Gasteiger partial charge in [0.1, 0.15) is 17.7 Å². The molecule has 0 aliphatic carbocycles. The van der Waals surface area contributed by atoms with Crippen LogP contribution in [0.25, 0.3) is 0 Å². The number of hydrogen-bond acceptors (Lipinski definition) is 3. The minimum absolute atomic E-state index is 0. The predicted molar refractivity (Wildman–Crippen MR) is 134 cm³/mol. The van der Waals surface area contributed by atoms with Crippen LogP contribution in [-0.2, 0) is 6.54 Å². The highest BCUT2D eigenvalue weighted by Crippen LogP contribution is 2.12. The summed E-state index contributed by atoms with van der Waals surface area (Å²) in [5.74, 6) is 0.910. The van der Waals surface area contributed by atoms with E-state index in [-0.39, 0.29) is 47.8 Å². The van der Waals surface area contributed by atoms with Crippen molar-refractivity contribution in [2.24, 2.45) is 4.99 Å². The van der Waals surface area contributed by atoms with Gasteiger partial charge in [-0.1, -0.05) is 19.1 Å². The Bertz CT molecular complexity index is 828. The fourth-order valence-electron chi connectivity index (χ4n) is 2.62. The fraction of sp³-hybridized carbons (Fsp3) is 0.391. The van der Waals surface area contributed by atoms with Crippen molar-refractivity contribution >= 4 is 35.8 Å². The summed E-state index contributed by atoms with van der Waals surface area (Å²) in [5.41, 5.74) is 1.68. The highest BCUT2D eigenvalue weighted by molar-refractivity contribution is 14.0. The first-order chi connectivity index (χ1) is 14.4. The normalized spacial score (nSPS) is 12.9. The molecule has 2 rings (SSSR count). The molecule has 2 atom stereocenters. The highest BCUT2D eigenvalue weighted by atomic mass is 127. The number of nitrogens with zero attached hydrogens (tertiary/aromatic N) is 1. The first-order valence-electron chi connectivity index (χ1n) is 10.2. The van der Waals surface area contributed by atoms with Gasteiger partial charge in [-0.3, -0.25) is 9.79 Å². The van der Waals surface area contributed by atoms with Gasteiger partial charge in [0.2, 0.25) is 0 Å². The molecule has 0 aliphatic heterocycles. The molecule has 0 aliphatic rings. The number of nitrogens with one attached hydrogen (secondary N) is 3. The number of guanidine groups is 1. The second-order valence-corrected chi connectivity index (χ2v) is 7.17. The van der Waals surface area contributed by atoms with E-state index in [9.17, 15) is 9.18 Å². The van der Waals surface area contributed by atoms with E-state index in [0.717, 1.165) is 12.0 Å². The third kappa shape index (κ3) is 9.54. The van der Waals surface area contributed by atoms with Gasteiger partial charge in [-0.25, -0.2) is 4.39 Å². The molecular weight excluding hydrogens is 510 g/mol. The summed E-state index contributed by atoms with van der Waals surface area (Å²) in [6, 6.07) is 13.6. The van der Waals surface area contributed by atoms with E-state index in [1.165, 1.54) is 12.1 Å². The van der Waals surface area contributed by atoms with Crippen molar-refractivity contribution in [2.75, 3.05) is 13.6 Å². The van der Waals surface area contributed by atoms with Gasteiger partial charge in [-0.2, -0.15) is 0 Å². The summed E-state index contributed by atoms with van der Waals surface area (Å²) >= 11 is 0. The highest BCUT2D eigenvalue weighted by Gasteiger charge is 2.09. The minimum Gasteiger partial charge on any atom is -0.489 e. The Morgan fingerprint density at radius 3 is 2.29 bits per heavy atom. The molecule has 31 heavy (non-hydrogen) atoms. The summed E-state index contributed by atoms with van der Waals surface area (Å²) in [7, 11) is 1.70. The van der Waals surface area contributed by atoms with Crippen LogP contribution in [0.1, 0.15) is 43.1 Å². The quantitative estimate of drug-likeness (QED) is 0.254. The first kappa shape index (κ1) is 26.7. The maximum atomic E-state index is 13.0. The molecular formula is C23H32FIN4O2. The number of aliphatic imine (C=N–C) groups is 1. The van der Waals surface area contributed by atoms with Gasteiger partial charge in [0.25, 0.3) is 5.91 Å². The van der Waals surface area contributed by atoms with Crippen molar-refractivity contribution in [1.29, 1.82) is 0 Å². The SMILES string of the molecule is CCC(C)NC(=O)c1ccc(CNC(=NC)NCC(C)Oc2ccc(F)cc2)cc1.I. The van der Waals surface area contributed by atoms with Crippen LogP contribution in [0.4, 0.5) is 4.39 Å². The van der Waals surface area contributed by atoms with Gasteiger partial charge in [-0.05, 0) is 62.2 Å². The lowest BCUT2D eigenvalue weighted by molar-refractivity contribution is 0.0939. The lowest BCUT2D eigenvalue weighted by Gasteiger charge is -2.18. The molecule has 0 saturated heterocycles. The third-order valence-corrected chi connectivity index (χ3v) is 4.60. The molecule has 3 N–H and O–H groups in total. The summed E-state index contributed by atoms with van der Waals surface area (Å²) in [4.78, 5) is 16.4. The Hall–Kier alpha value is -2.36. The standard InChI is InChI=1S/C23H31FN4O2.HI/c1-5-16(2)28-22(29)19-8-6-18(7-9-19)15-27-23(25-4)26-14-17(3)30-21-12-10-20(24)11-13-21;/h6-13,16-17H,5,14-15H2,1-4H3,(H,28,29)(H2,25,26,27);1H. The molecule has 0 spiro atoms. The molecule has 1 amide bonds. The Kier molecular flexibility index (Phi) is 11.9. The summed E-state index contributed by atoms with van der Waals surface area (Å²) in [6.07, 6.45) is 0.769. The van der Waals surface area contributed by atoms with Crippen molar-refractivity contribution in [2.45, 2.75) is 45.9 Å². The Morgan fingerprint density at radius 2 is 1.71 bits per heavy atom. The molecule has 0 bridgehead atoms. The summed E-state index contributed by atoms with van der Waals surface area (Å²) in [6.45, 7) is 7.05. The lowest BCUT2D eigenvalue weighted by atomic mass is 10.1. The molecule has 170 valence electrons. The zero-order valence-corrected chi connectivity index (χ0v) is 20.8. The molecule has 0 radical (unpaired) electrons. The molecule has 0 aromatic heterocycles. The monoisotopic (exact) mass is 542 g/mol. The fourth-order valence-corrected chi connectivity index (χ4v) is 2.62. The number of amides is 1. The van der Waals surface area contributed by atoms with Crippen LogP contribution in [0.3, 0.4) is 0 Å². The number of hydrogen-bond donors (Lipinski definition) is 3. The number of carbonyl (C=O) groups excluding carboxylic acids is 1. The van der Waals surface area contributed by atoms with Crippen LogP contribution < -0.4 is 20.7 Å². The summed E-state index contributed by atoms with van der Waals surface area (Å²) in [5, 5.41) is 9.40. The smallest absolute Gasteiger partial charge is 0.251 e. The van der Waals surface area contributed by atoms with Crippen LogP contribution in [0.5, 0.6) is 5.75 Å². The van der Waals surface area contributed by atoms with Crippen LogP contribution in [0.15, 0.2) is 53.5 Å². The predicted octanol–water partition coefficient (Wildman–Crippen LogP) is 4.10. The minimum atomic E-state index is -0.290. The van der Waals surface area contributed by atoms with Crippen LogP contribution in [-0.4, -0.2) is 37.6 Å². The van der Waals surface area contributed by atoms with E-state index < -0.39 is 0 Å². The van der Waals surface area contributed by atoms with Crippen molar-refractivity contribution < 1.29 is 13.9 Å². The van der Waals surface area contributed by atoms with Crippen molar-refractivity contribution in [3.63, 3.8) is 0 Å². The number of ether oxygens (including phenoxy) is 1. The number of benzene rings is 2. The van der Waals surface area contributed by atoms with E-state index in [1.807, 2.05) is 45.0 Å². The molecule has 2 unspecified atom stereocenters. The largest absolute Gasteiger partial charge is 0.489 e. The van der Waals surface area contributed by atoms with Crippen molar-refractivity contribution in [1.82, 2.24) is 16.0 Å². The second kappa shape index (κ2) is 13.8. The van der Waals surface area contributed by atoms with Gasteiger partial charge in [0, 0.05) is 25.2 Å². The summed E-state index contributed by atoms with van der Waals surface area (Å²) < 4.78 is 18.7. The van der Waals surface area contributed by atoms with Gasteiger partial charge in [0.15, 0.2) is 5.96 Å². The van der Waals surface area contributed by atoms with E-state index in [0.29, 0.717) is 30.4 Å². The average Bonchev–Trinajstić information content (AvgIpc) is 2.75. The maximum Gasteiger partial charge on any atom is 0.251 e. The number of halogens is 2. The lowest BCUT2D eigenvalue weighted by Crippen LogP contribution is -2.41. The zero-order chi connectivity index (χ0) is 21.9. The average molecular weight is 542 g/mol. The van der Waals surface area contributed by atoms with Crippen molar-refractivity contribution in [3.05, 3.63) is 65.5 Å². The van der Waals surface area contributed by atoms with Gasteiger partial charge in [0.05, 0.1) is 6.54 Å². The van der Waals surface area contributed by atoms with Gasteiger partial charge < -0.3 is 20.7 Å². The Morgan fingerprint density at radius 1 is 1.06 bits per heavy atom. The van der Waals surface area contributed by atoms with E-state index >= 15 is 0 Å². The zero-order valence-electron chi connectivity index (χ0n) is 18.4. The molecule has 8 heteroatoms. The van der Waals surface area contributed by atoms with Crippen LogP contribution >= 0.6 is 24.0 Å². The maximum absolute atomic E-state index is 13.0. The number of rotatable bonds is 9. The second-order valence-electron chi connectivity index (χ2n) is 7.17. The Labute approximate surface area is 201 Å². The van der Waals surface area contributed by atoms with Gasteiger partial charge >= 0.3 is 0 Å². The third-order valence-electron chi connectivity index (χ3n) is 4.60. The number of carbonyl (C=O) groups is 1. The molecule has 0 saturated carbocycles. The first-order valence-corrected chi connectivity index (χ1v) is 10.2. The molecule has 0 heterocycles. The Balaban J connectivity index is 0.00000480.